The quantitative estimate of drug-likeness (QED) is 0.780. The lowest BCUT2D eigenvalue weighted by Gasteiger charge is -2.14. The molecule has 130 valence electrons. The summed E-state index contributed by atoms with van der Waals surface area (Å²) >= 11 is 3.44. The third-order valence-corrected chi connectivity index (χ3v) is 4.50. The van der Waals surface area contributed by atoms with E-state index in [0.29, 0.717) is 27.9 Å². The minimum absolute atomic E-state index is 0.0718. The zero-order valence-electron chi connectivity index (χ0n) is 14.0. The Bertz CT molecular complexity index is 820. The van der Waals surface area contributed by atoms with E-state index >= 15 is 0 Å². The van der Waals surface area contributed by atoms with Gasteiger partial charge in [-0.3, -0.25) is 4.79 Å². The van der Waals surface area contributed by atoms with Crippen LogP contribution in [0.5, 0.6) is 5.75 Å². The first-order chi connectivity index (χ1) is 12.0. The minimum atomic E-state index is -0.454. The molecule has 0 aromatic heterocycles. The van der Waals surface area contributed by atoms with Gasteiger partial charge in [0.25, 0.3) is 0 Å². The molecule has 5 nitrogen and oxygen atoms in total. The number of anilines is 1. The average molecular weight is 404 g/mol. The van der Waals surface area contributed by atoms with Gasteiger partial charge in [0, 0.05) is 23.4 Å². The Balaban J connectivity index is 1.89. The van der Waals surface area contributed by atoms with Gasteiger partial charge in [0.2, 0.25) is 5.91 Å². The van der Waals surface area contributed by atoms with Crippen LogP contribution in [0.1, 0.15) is 35.3 Å². The largest absolute Gasteiger partial charge is 0.489 e. The summed E-state index contributed by atoms with van der Waals surface area (Å²) in [5.74, 6) is -0.149. The molecule has 1 atom stereocenters. The maximum Gasteiger partial charge on any atom is 0.342 e. The maximum atomic E-state index is 12.6. The van der Waals surface area contributed by atoms with Crippen LogP contribution < -0.4 is 10.1 Å². The predicted molar refractivity (Wildman–Crippen MR) is 97.8 cm³/mol. The Morgan fingerprint density at radius 3 is 2.72 bits per heavy atom. The second-order valence-electron chi connectivity index (χ2n) is 5.96. The molecule has 3 rings (SSSR count). The van der Waals surface area contributed by atoms with Crippen LogP contribution in [-0.2, 0) is 22.6 Å². The van der Waals surface area contributed by atoms with Crippen LogP contribution >= 0.6 is 15.9 Å². The van der Waals surface area contributed by atoms with E-state index < -0.39 is 5.97 Å². The molecule has 0 aliphatic carbocycles. The number of esters is 1. The SMILES string of the molecule is CC(=O)Nc1c(Br)cc(C(=O)OCc2ccccc2)c2c1C[C@H](C)O2. The lowest BCUT2D eigenvalue weighted by Crippen LogP contribution is -2.11. The van der Waals surface area contributed by atoms with Gasteiger partial charge in [-0.05, 0) is 34.5 Å². The summed E-state index contributed by atoms with van der Waals surface area (Å²) in [4.78, 5) is 24.0. The van der Waals surface area contributed by atoms with Gasteiger partial charge in [-0.1, -0.05) is 30.3 Å². The smallest absolute Gasteiger partial charge is 0.342 e. The molecule has 1 aliphatic heterocycles. The summed E-state index contributed by atoms with van der Waals surface area (Å²) in [6.45, 7) is 3.56. The maximum absolute atomic E-state index is 12.6. The molecule has 1 heterocycles. The van der Waals surface area contributed by atoms with Crippen molar-refractivity contribution in [3.05, 3.63) is 57.6 Å². The molecule has 6 heteroatoms. The Hall–Kier alpha value is -2.34. The van der Waals surface area contributed by atoms with Crippen molar-refractivity contribution in [2.24, 2.45) is 0 Å². The first-order valence-electron chi connectivity index (χ1n) is 7.96. The molecular weight excluding hydrogens is 386 g/mol. The van der Waals surface area contributed by atoms with Gasteiger partial charge >= 0.3 is 5.97 Å². The van der Waals surface area contributed by atoms with Gasteiger partial charge in [-0.15, -0.1) is 0 Å². The number of hydrogen-bond acceptors (Lipinski definition) is 4. The normalized spacial score (nSPS) is 15.2. The van der Waals surface area contributed by atoms with Crippen molar-refractivity contribution < 1.29 is 19.1 Å². The first kappa shape index (κ1) is 17.5. The van der Waals surface area contributed by atoms with E-state index in [0.717, 1.165) is 11.1 Å². The summed E-state index contributed by atoms with van der Waals surface area (Å²) in [5.41, 5.74) is 2.72. The topological polar surface area (TPSA) is 64.6 Å². The highest BCUT2D eigenvalue weighted by molar-refractivity contribution is 9.10. The van der Waals surface area contributed by atoms with Crippen molar-refractivity contribution in [2.75, 3.05) is 5.32 Å². The Morgan fingerprint density at radius 1 is 1.32 bits per heavy atom. The Kier molecular flexibility index (Phi) is 5.08. The molecule has 0 spiro atoms. The van der Waals surface area contributed by atoms with Gasteiger partial charge in [-0.25, -0.2) is 4.79 Å². The average Bonchev–Trinajstić information content (AvgIpc) is 2.97. The summed E-state index contributed by atoms with van der Waals surface area (Å²) < 4.78 is 11.9. The van der Waals surface area contributed by atoms with Gasteiger partial charge in [0.1, 0.15) is 24.0 Å². The fraction of sp³-hybridized carbons (Fsp3) is 0.263. The second-order valence-corrected chi connectivity index (χ2v) is 6.82. The number of nitrogens with one attached hydrogen (secondary N) is 1. The molecule has 2 aromatic rings. The van der Waals surface area contributed by atoms with Crippen molar-refractivity contribution in [1.82, 2.24) is 0 Å². The van der Waals surface area contributed by atoms with Gasteiger partial charge in [-0.2, -0.15) is 0 Å². The van der Waals surface area contributed by atoms with Crippen molar-refractivity contribution in [1.29, 1.82) is 0 Å². The molecule has 2 aromatic carbocycles. The van der Waals surface area contributed by atoms with Crippen LogP contribution in [0.3, 0.4) is 0 Å². The minimum Gasteiger partial charge on any atom is -0.489 e. The van der Waals surface area contributed by atoms with Crippen LogP contribution in [0.15, 0.2) is 40.9 Å². The van der Waals surface area contributed by atoms with Gasteiger partial charge in [0.05, 0.1) is 5.69 Å². The molecule has 0 saturated carbocycles. The second kappa shape index (κ2) is 7.27. The standard InChI is InChI=1S/C19H18BrNO4/c1-11-8-14-17(21-12(2)22)16(20)9-15(18(14)25-11)19(23)24-10-13-6-4-3-5-7-13/h3-7,9,11H,8,10H2,1-2H3,(H,21,22)/t11-/m0/s1. The summed E-state index contributed by atoms with van der Waals surface area (Å²) in [7, 11) is 0. The number of ether oxygens (including phenoxy) is 2. The van der Waals surface area contributed by atoms with E-state index in [9.17, 15) is 9.59 Å². The van der Waals surface area contributed by atoms with Crippen LogP contribution in [0, 0.1) is 0 Å². The number of fused-ring (bicyclic) bond motifs is 1. The molecule has 0 unspecified atom stereocenters. The number of benzene rings is 2. The number of amides is 1. The third kappa shape index (κ3) is 3.85. The highest BCUT2D eigenvalue weighted by Crippen LogP contribution is 2.42. The number of carbonyl (C=O) groups is 2. The van der Waals surface area contributed by atoms with E-state index in [-0.39, 0.29) is 18.6 Å². The van der Waals surface area contributed by atoms with Crippen LogP contribution in [0.25, 0.3) is 0 Å². The number of rotatable bonds is 4. The molecule has 0 saturated heterocycles. The lowest BCUT2D eigenvalue weighted by atomic mass is 10.0. The molecule has 1 N–H and O–H groups in total. The summed E-state index contributed by atoms with van der Waals surface area (Å²) in [6, 6.07) is 11.1. The van der Waals surface area contributed by atoms with E-state index in [2.05, 4.69) is 21.2 Å². The third-order valence-electron chi connectivity index (χ3n) is 3.87. The van der Waals surface area contributed by atoms with Crippen LogP contribution in [0.2, 0.25) is 0 Å². The molecular formula is C19H18BrNO4. The lowest BCUT2D eigenvalue weighted by molar-refractivity contribution is -0.114. The van der Waals surface area contributed by atoms with Crippen molar-refractivity contribution >= 4 is 33.5 Å². The number of hydrogen-bond donors (Lipinski definition) is 1. The molecule has 0 bridgehead atoms. The fourth-order valence-corrected chi connectivity index (χ4v) is 3.38. The van der Waals surface area contributed by atoms with Crippen LogP contribution in [0.4, 0.5) is 5.69 Å². The van der Waals surface area contributed by atoms with E-state index in [4.69, 9.17) is 9.47 Å². The van der Waals surface area contributed by atoms with Crippen molar-refractivity contribution in [3.63, 3.8) is 0 Å². The van der Waals surface area contributed by atoms with Gasteiger partial charge in [0.15, 0.2) is 0 Å². The summed E-state index contributed by atoms with van der Waals surface area (Å²) in [6.07, 6.45) is 0.543. The number of halogens is 1. The predicted octanol–water partition coefficient (Wildman–Crippen LogP) is 4.09. The highest BCUT2D eigenvalue weighted by Gasteiger charge is 2.30. The van der Waals surface area contributed by atoms with E-state index in [1.807, 2.05) is 37.3 Å². The van der Waals surface area contributed by atoms with Gasteiger partial charge < -0.3 is 14.8 Å². The Labute approximate surface area is 154 Å². The zero-order chi connectivity index (χ0) is 18.0. The zero-order valence-corrected chi connectivity index (χ0v) is 15.6. The van der Waals surface area contributed by atoms with Crippen LogP contribution in [-0.4, -0.2) is 18.0 Å². The van der Waals surface area contributed by atoms with E-state index in [1.165, 1.54) is 6.92 Å². The van der Waals surface area contributed by atoms with Crippen molar-refractivity contribution in [3.8, 4) is 5.75 Å². The molecule has 0 radical (unpaired) electrons. The molecule has 25 heavy (non-hydrogen) atoms. The number of carbonyl (C=O) groups excluding carboxylic acids is 2. The Morgan fingerprint density at radius 2 is 2.04 bits per heavy atom. The summed E-state index contributed by atoms with van der Waals surface area (Å²) in [5, 5.41) is 2.80. The fourth-order valence-electron chi connectivity index (χ4n) is 2.81. The monoisotopic (exact) mass is 403 g/mol. The molecule has 1 aliphatic rings. The first-order valence-corrected chi connectivity index (χ1v) is 8.75. The van der Waals surface area contributed by atoms with E-state index in [1.54, 1.807) is 6.07 Å². The van der Waals surface area contributed by atoms with Crippen molar-refractivity contribution in [2.45, 2.75) is 33.0 Å². The molecule has 1 amide bonds. The molecule has 0 fully saturated rings. The highest BCUT2D eigenvalue weighted by atomic mass is 79.9.